The summed E-state index contributed by atoms with van der Waals surface area (Å²) in [5.74, 6) is 1.04. The Kier molecular flexibility index (Phi) is 4.22. The summed E-state index contributed by atoms with van der Waals surface area (Å²) in [6, 6.07) is 0.816. The van der Waals surface area contributed by atoms with Crippen LogP contribution in [-0.2, 0) is 4.79 Å². The molecule has 1 aliphatic heterocycles. The van der Waals surface area contributed by atoms with Gasteiger partial charge in [-0.1, -0.05) is 12.8 Å². The highest BCUT2D eigenvalue weighted by Gasteiger charge is 2.32. The van der Waals surface area contributed by atoms with Crippen molar-refractivity contribution in [3.8, 4) is 0 Å². The molecule has 2 aliphatic rings. The van der Waals surface area contributed by atoms with Crippen molar-refractivity contribution in [2.24, 2.45) is 5.92 Å². The third-order valence-electron chi connectivity index (χ3n) is 4.13. The molecule has 0 aromatic carbocycles. The third-order valence-corrected chi connectivity index (χ3v) is 4.13. The predicted molar refractivity (Wildman–Crippen MR) is 65.2 cm³/mol. The monoisotopic (exact) mass is 224 g/mol. The van der Waals surface area contributed by atoms with Crippen LogP contribution in [0.5, 0.6) is 0 Å². The van der Waals surface area contributed by atoms with E-state index < -0.39 is 0 Å². The average Bonchev–Trinajstić information content (AvgIpc) is 2.29. The Morgan fingerprint density at radius 2 is 2.00 bits per heavy atom. The van der Waals surface area contributed by atoms with Crippen LogP contribution in [0.3, 0.4) is 0 Å². The van der Waals surface area contributed by atoms with E-state index in [-0.39, 0.29) is 5.91 Å². The number of carbonyl (C=O) groups excluding carboxylic acids is 1. The van der Waals surface area contributed by atoms with Crippen LogP contribution in [-0.4, -0.2) is 36.5 Å². The van der Waals surface area contributed by atoms with Gasteiger partial charge in [-0.3, -0.25) is 9.69 Å². The van der Waals surface area contributed by atoms with Gasteiger partial charge < -0.3 is 5.32 Å². The maximum Gasteiger partial charge on any atom is 0.216 e. The lowest BCUT2D eigenvalue weighted by molar-refractivity contribution is -0.119. The molecular weight excluding hydrogens is 200 g/mol. The Morgan fingerprint density at radius 1 is 1.25 bits per heavy atom. The van der Waals surface area contributed by atoms with Crippen molar-refractivity contribution in [2.75, 3.05) is 19.6 Å². The zero-order valence-corrected chi connectivity index (χ0v) is 10.4. The normalized spacial score (nSPS) is 30.8. The van der Waals surface area contributed by atoms with E-state index in [1.807, 2.05) is 0 Å². The van der Waals surface area contributed by atoms with Gasteiger partial charge in [0.15, 0.2) is 0 Å². The highest BCUT2D eigenvalue weighted by molar-refractivity contribution is 5.72. The predicted octanol–water partition coefficient (Wildman–Crippen LogP) is 1.78. The first-order valence-corrected chi connectivity index (χ1v) is 6.76. The molecule has 0 aromatic rings. The summed E-state index contributed by atoms with van der Waals surface area (Å²) in [5.41, 5.74) is 0. The zero-order valence-electron chi connectivity index (χ0n) is 10.4. The van der Waals surface area contributed by atoms with Crippen LogP contribution >= 0.6 is 0 Å². The number of likely N-dealkylation sites (tertiary alicyclic amines) is 1. The first-order valence-electron chi connectivity index (χ1n) is 6.76. The lowest BCUT2D eigenvalue weighted by Crippen LogP contribution is -2.49. The molecule has 0 spiro atoms. The second-order valence-electron chi connectivity index (χ2n) is 5.27. The van der Waals surface area contributed by atoms with Gasteiger partial charge in [-0.2, -0.15) is 0 Å². The molecule has 1 aliphatic carbocycles. The van der Waals surface area contributed by atoms with Crippen LogP contribution < -0.4 is 5.32 Å². The van der Waals surface area contributed by atoms with Crippen LogP contribution in [0.1, 0.15) is 45.4 Å². The Balaban J connectivity index is 1.80. The average molecular weight is 224 g/mol. The molecule has 2 fully saturated rings. The van der Waals surface area contributed by atoms with Crippen molar-refractivity contribution in [1.82, 2.24) is 10.2 Å². The van der Waals surface area contributed by atoms with Crippen LogP contribution in [0.25, 0.3) is 0 Å². The molecule has 2 rings (SSSR count). The summed E-state index contributed by atoms with van der Waals surface area (Å²) < 4.78 is 0. The molecule has 1 N–H and O–H groups in total. The number of hydrogen-bond donors (Lipinski definition) is 1. The number of piperidine rings is 1. The Bertz CT molecular complexity index is 240. The maximum atomic E-state index is 10.8. The SMILES string of the molecule is CC(=O)NCCN1CCCC2CCCCC21. The van der Waals surface area contributed by atoms with Crippen molar-refractivity contribution in [1.29, 1.82) is 0 Å². The van der Waals surface area contributed by atoms with E-state index in [9.17, 15) is 4.79 Å². The summed E-state index contributed by atoms with van der Waals surface area (Å²) in [7, 11) is 0. The highest BCUT2D eigenvalue weighted by Crippen LogP contribution is 2.34. The van der Waals surface area contributed by atoms with Gasteiger partial charge in [-0.05, 0) is 38.1 Å². The summed E-state index contributed by atoms with van der Waals surface area (Å²) in [6.45, 7) is 4.69. The number of carbonyl (C=O) groups is 1. The van der Waals surface area contributed by atoms with Gasteiger partial charge in [0.2, 0.25) is 5.91 Å². The van der Waals surface area contributed by atoms with Crippen LogP contribution in [0, 0.1) is 5.92 Å². The van der Waals surface area contributed by atoms with Crippen molar-refractivity contribution in [3.63, 3.8) is 0 Å². The Labute approximate surface area is 98.6 Å². The number of fused-ring (bicyclic) bond motifs is 1. The minimum atomic E-state index is 0.0946. The second-order valence-corrected chi connectivity index (χ2v) is 5.27. The fourth-order valence-corrected chi connectivity index (χ4v) is 3.38. The van der Waals surface area contributed by atoms with Crippen molar-refractivity contribution in [2.45, 2.75) is 51.5 Å². The first kappa shape index (κ1) is 11.9. The molecule has 1 heterocycles. The van der Waals surface area contributed by atoms with E-state index in [0.29, 0.717) is 0 Å². The van der Waals surface area contributed by atoms with Crippen LogP contribution in [0.15, 0.2) is 0 Å². The number of nitrogens with zero attached hydrogens (tertiary/aromatic N) is 1. The smallest absolute Gasteiger partial charge is 0.216 e. The maximum absolute atomic E-state index is 10.8. The van der Waals surface area contributed by atoms with E-state index in [4.69, 9.17) is 0 Å². The van der Waals surface area contributed by atoms with E-state index >= 15 is 0 Å². The van der Waals surface area contributed by atoms with Gasteiger partial charge in [-0.15, -0.1) is 0 Å². The van der Waals surface area contributed by atoms with E-state index in [2.05, 4.69) is 10.2 Å². The van der Waals surface area contributed by atoms with E-state index in [1.165, 1.54) is 45.1 Å². The molecule has 1 amide bonds. The van der Waals surface area contributed by atoms with Crippen molar-refractivity contribution >= 4 is 5.91 Å². The third kappa shape index (κ3) is 2.97. The molecule has 2 atom stereocenters. The quantitative estimate of drug-likeness (QED) is 0.792. The van der Waals surface area contributed by atoms with Crippen LogP contribution in [0.4, 0.5) is 0 Å². The minimum absolute atomic E-state index is 0.0946. The summed E-state index contributed by atoms with van der Waals surface area (Å²) >= 11 is 0. The molecule has 0 bridgehead atoms. The highest BCUT2D eigenvalue weighted by atomic mass is 16.1. The van der Waals surface area contributed by atoms with E-state index in [0.717, 1.165) is 25.0 Å². The largest absolute Gasteiger partial charge is 0.355 e. The summed E-state index contributed by atoms with van der Waals surface area (Å²) in [5, 5.41) is 2.91. The molecule has 16 heavy (non-hydrogen) atoms. The molecule has 1 saturated heterocycles. The second kappa shape index (κ2) is 5.67. The Morgan fingerprint density at radius 3 is 2.81 bits per heavy atom. The molecule has 2 unspecified atom stereocenters. The molecule has 0 aromatic heterocycles. The van der Waals surface area contributed by atoms with Crippen LogP contribution in [0.2, 0.25) is 0 Å². The van der Waals surface area contributed by atoms with Gasteiger partial charge in [0.05, 0.1) is 0 Å². The molecule has 3 heteroatoms. The molecular formula is C13H24N2O. The fourth-order valence-electron chi connectivity index (χ4n) is 3.38. The topological polar surface area (TPSA) is 32.3 Å². The fraction of sp³-hybridized carbons (Fsp3) is 0.923. The lowest BCUT2D eigenvalue weighted by atomic mass is 9.78. The number of amides is 1. The zero-order chi connectivity index (χ0) is 11.4. The summed E-state index contributed by atoms with van der Waals surface area (Å²) in [4.78, 5) is 13.5. The number of rotatable bonds is 3. The van der Waals surface area contributed by atoms with Crippen molar-refractivity contribution in [3.05, 3.63) is 0 Å². The Hall–Kier alpha value is -0.570. The van der Waals surface area contributed by atoms with Gasteiger partial charge >= 0.3 is 0 Å². The van der Waals surface area contributed by atoms with Gasteiger partial charge in [0.25, 0.3) is 0 Å². The molecule has 92 valence electrons. The molecule has 3 nitrogen and oxygen atoms in total. The van der Waals surface area contributed by atoms with Gasteiger partial charge in [0, 0.05) is 26.1 Å². The standard InChI is InChI=1S/C13H24N2O/c1-11(16)14-8-10-15-9-4-6-12-5-2-3-7-13(12)15/h12-13H,2-10H2,1H3,(H,14,16). The lowest BCUT2D eigenvalue weighted by Gasteiger charge is -2.44. The van der Waals surface area contributed by atoms with Gasteiger partial charge in [0.1, 0.15) is 0 Å². The summed E-state index contributed by atoms with van der Waals surface area (Å²) in [6.07, 6.45) is 8.42. The number of hydrogen-bond acceptors (Lipinski definition) is 2. The number of nitrogens with one attached hydrogen (secondary N) is 1. The van der Waals surface area contributed by atoms with E-state index in [1.54, 1.807) is 6.92 Å². The molecule has 1 saturated carbocycles. The first-order chi connectivity index (χ1) is 7.77. The van der Waals surface area contributed by atoms with Gasteiger partial charge in [-0.25, -0.2) is 0 Å². The minimum Gasteiger partial charge on any atom is -0.355 e. The van der Waals surface area contributed by atoms with Crippen molar-refractivity contribution < 1.29 is 4.79 Å². The molecule has 0 radical (unpaired) electrons.